The molecule has 34 heavy (non-hydrogen) atoms. The molecule has 0 fully saturated rings. The predicted molar refractivity (Wildman–Crippen MR) is 141 cm³/mol. The molecule has 1 atom stereocenters. The van der Waals surface area contributed by atoms with Crippen LogP contribution in [-0.4, -0.2) is 15.9 Å². The Labute approximate surface area is 204 Å². The fourth-order valence-corrected chi connectivity index (χ4v) is 4.69. The Kier molecular flexibility index (Phi) is 9.31. The molecule has 4 heteroatoms. The quantitative estimate of drug-likeness (QED) is 0.202. The molecule has 1 unspecified atom stereocenters. The Morgan fingerprint density at radius 2 is 1.56 bits per heavy atom. The van der Waals surface area contributed by atoms with Gasteiger partial charge in [0.2, 0.25) is 0 Å². The van der Waals surface area contributed by atoms with Crippen LogP contribution in [0, 0.1) is 32.6 Å². The van der Waals surface area contributed by atoms with Gasteiger partial charge in [0.25, 0.3) is 0 Å². The van der Waals surface area contributed by atoms with Crippen LogP contribution in [0.5, 0.6) is 0 Å². The maximum Gasteiger partial charge on any atom is 0.325 e. The fourth-order valence-electron chi connectivity index (χ4n) is 4.05. The standard InChI is InChI=1S/C30H35O3P/c1-23-8-7-10-29(20-23)30(22-28-12-11-24(2)25(3)21-28)18-17-27-15-13-26(14-16-27)9-5-4-6-19-34(31,32)33/h7-8,10-16,20-21,30H,4-6,9,19,22H2,1-3H3,(H2,31,32,33). The van der Waals surface area contributed by atoms with E-state index in [2.05, 4.69) is 99.3 Å². The molecule has 0 saturated heterocycles. The first kappa shape index (κ1) is 26.0. The first-order valence-corrected chi connectivity index (χ1v) is 13.8. The number of benzene rings is 3. The van der Waals surface area contributed by atoms with Crippen molar-refractivity contribution in [3.8, 4) is 11.8 Å². The van der Waals surface area contributed by atoms with Gasteiger partial charge in [0.1, 0.15) is 0 Å². The molecule has 3 aromatic rings. The molecule has 0 amide bonds. The summed E-state index contributed by atoms with van der Waals surface area (Å²) >= 11 is 0. The van der Waals surface area contributed by atoms with Crippen molar-refractivity contribution < 1.29 is 14.4 Å². The lowest BCUT2D eigenvalue weighted by atomic mass is 9.90. The molecule has 3 rings (SSSR count). The van der Waals surface area contributed by atoms with Gasteiger partial charge in [0, 0.05) is 17.6 Å². The van der Waals surface area contributed by atoms with E-state index in [0.717, 1.165) is 31.2 Å². The summed E-state index contributed by atoms with van der Waals surface area (Å²) in [4.78, 5) is 17.9. The van der Waals surface area contributed by atoms with Crippen LogP contribution in [-0.2, 0) is 17.4 Å². The number of aryl methyl sites for hydroxylation is 4. The van der Waals surface area contributed by atoms with Crippen molar-refractivity contribution in [2.45, 2.75) is 58.8 Å². The molecule has 0 aliphatic heterocycles. The van der Waals surface area contributed by atoms with Crippen LogP contribution < -0.4 is 0 Å². The molecular formula is C30H35O3P. The number of hydrogen-bond donors (Lipinski definition) is 2. The predicted octanol–water partition coefficient (Wildman–Crippen LogP) is 6.88. The normalized spacial score (nSPS) is 12.1. The van der Waals surface area contributed by atoms with Crippen molar-refractivity contribution in [3.05, 3.63) is 106 Å². The molecule has 0 aromatic heterocycles. The largest absolute Gasteiger partial charge is 0.325 e. The third-order valence-electron chi connectivity index (χ3n) is 6.22. The van der Waals surface area contributed by atoms with Crippen molar-refractivity contribution >= 4 is 7.60 Å². The van der Waals surface area contributed by atoms with Crippen molar-refractivity contribution in [2.75, 3.05) is 6.16 Å². The third kappa shape index (κ3) is 8.62. The Hall–Kier alpha value is -2.63. The number of unbranched alkanes of at least 4 members (excludes halogenated alkanes) is 2. The van der Waals surface area contributed by atoms with E-state index in [-0.39, 0.29) is 12.1 Å². The van der Waals surface area contributed by atoms with Crippen LogP contribution in [0.2, 0.25) is 0 Å². The molecule has 3 nitrogen and oxygen atoms in total. The molecule has 0 bridgehead atoms. The Bertz CT molecular complexity index is 1200. The Morgan fingerprint density at radius 1 is 0.824 bits per heavy atom. The third-order valence-corrected chi connectivity index (χ3v) is 7.11. The van der Waals surface area contributed by atoms with Crippen LogP contribution in [0.4, 0.5) is 0 Å². The Balaban J connectivity index is 1.68. The average Bonchev–Trinajstić information content (AvgIpc) is 2.79. The molecule has 0 saturated carbocycles. The summed E-state index contributed by atoms with van der Waals surface area (Å²) in [5.41, 5.74) is 8.65. The van der Waals surface area contributed by atoms with Gasteiger partial charge in [0.05, 0.1) is 0 Å². The van der Waals surface area contributed by atoms with Crippen molar-refractivity contribution in [2.24, 2.45) is 0 Å². The highest BCUT2D eigenvalue weighted by atomic mass is 31.2. The van der Waals surface area contributed by atoms with Gasteiger partial charge in [-0.3, -0.25) is 4.57 Å². The van der Waals surface area contributed by atoms with E-state index in [9.17, 15) is 4.57 Å². The summed E-state index contributed by atoms with van der Waals surface area (Å²) < 4.78 is 10.9. The monoisotopic (exact) mass is 474 g/mol. The van der Waals surface area contributed by atoms with Crippen molar-refractivity contribution in [1.29, 1.82) is 0 Å². The molecular weight excluding hydrogens is 439 g/mol. The van der Waals surface area contributed by atoms with Crippen LogP contribution in [0.3, 0.4) is 0 Å². The highest BCUT2D eigenvalue weighted by Crippen LogP contribution is 2.35. The van der Waals surface area contributed by atoms with Crippen LogP contribution in [0.1, 0.15) is 64.1 Å². The average molecular weight is 475 g/mol. The van der Waals surface area contributed by atoms with Gasteiger partial charge in [-0.25, -0.2) is 0 Å². The maximum absolute atomic E-state index is 10.9. The molecule has 3 aromatic carbocycles. The van der Waals surface area contributed by atoms with E-state index in [1.807, 2.05) is 0 Å². The van der Waals surface area contributed by atoms with Gasteiger partial charge >= 0.3 is 7.60 Å². The Morgan fingerprint density at radius 3 is 2.24 bits per heavy atom. The topological polar surface area (TPSA) is 57.5 Å². The summed E-state index contributed by atoms with van der Waals surface area (Å²) in [5.74, 6) is 7.05. The molecule has 0 radical (unpaired) electrons. The van der Waals surface area contributed by atoms with Crippen molar-refractivity contribution in [1.82, 2.24) is 0 Å². The highest BCUT2D eigenvalue weighted by molar-refractivity contribution is 7.51. The summed E-state index contributed by atoms with van der Waals surface area (Å²) in [5, 5.41) is 0. The van der Waals surface area contributed by atoms with E-state index >= 15 is 0 Å². The van der Waals surface area contributed by atoms with Gasteiger partial charge in [-0.05, 0) is 86.4 Å². The molecule has 178 valence electrons. The van der Waals surface area contributed by atoms with Gasteiger partial charge in [0.15, 0.2) is 0 Å². The van der Waals surface area contributed by atoms with Gasteiger partial charge in [-0.15, -0.1) is 0 Å². The van der Waals surface area contributed by atoms with E-state index in [1.165, 1.54) is 33.4 Å². The van der Waals surface area contributed by atoms with Crippen molar-refractivity contribution in [3.63, 3.8) is 0 Å². The summed E-state index contributed by atoms with van der Waals surface area (Å²) in [7, 11) is -3.87. The molecule has 2 N–H and O–H groups in total. The van der Waals surface area contributed by atoms with Crippen LogP contribution in [0.25, 0.3) is 0 Å². The lowest BCUT2D eigenvalue weighted by molar-refractivity contribution is 0.371. The minimum Gasteiger partial charge on any atom is -0.324 e. The van der Waals surface area contributed by atoms with E-state index in [1.54, 1.807) is 0 Å². The molecule has 0 aliphatic carbocycles. The second-order valence-electron chi connectivity index (χ2n) is 9.25. The SMILES string of the molecule is Cc1cccc(C(C#Cc2ccc(CCCCCP(=O)(O)O)cc2)Cc2ccc(C)c(C)c2)c1. The smallest absolute Gasteiger partial charge is 0.324 e. The lowest BCUT2D eigenvalue weighted by Gasteiger charge is -2.13. The zero-order valence-corrected chi connectivity index (χ0v) is 21.3. The lowest BCUT2D eigenvalue weighted by Crippen LogP contribution is -2.02. The van der Waals surface area contributed by atoms with Gasteiger partial charge in [-0.2, -0.15) is 0 Å². The van der Waals surface area contributed by atoms with E-state index in [0.29, 0.717) is 6.42 Å². The number of rotatable bonds is 9. The molecule has 0 aliphatic rings. The first-order valence-electron chi connectivity index (χ1n) is 12.0. The zero-order chi connectivity index (χ0) is 24.6. The van der Waals surface area contributed by atoms with Gasteiger partial charge < -0.3 is 9.79 Å². The zero-order valence-electron chi connectivity index (χ0n) is 20.4. The van der Waals surface area contributed by atoms with E-state index in [4.69, 9.17) is 9.79 Å². The summed E-state index contributed by atoms with van der Waals surface area (Å²) in [6.07, 6.45) is 4.08. The minimum atomic E-state index is -3.87. The number of hydrogen-bond acceptors (Lipinski definition) is 1. The molecule has 0 spiro atoms. The second kappa shape index (κ2) is 12.2. The second-order valence-corrected chi connectivity index (χ2v) is 11.0. The highest BCUT2D eigenvalue weighted by Gasteiger charge is 2.12. The van der Waals surface area contributed by atoms with Crippen LogP contribution in [0.15, 0.2) is 66.7 Å². The summed E-state index contributed by atoms with van der Waals surface area (Å²) in [6, 6.07) is 23.7. The summed E-state index contributed by atoms with van der Waals surface area (Å²) in [6.45, 7) is 6.42. The maximum atomic E-state index is 10.9. The first-order chi connectivity index (χ1) is 16.2. The molecule has 0 heterocycles. The van der Waals surface area contributed by atoms with E-state index < -0.39 is 7.60 Å². The minimum absolute atomic E-state index is 0.0220. The van der Waals surface area contributed by atoms with Gasteiger partial charge in [-0.1, -0.05) is 78.4 Å². The van der Waals surface area contributed by atoms with Crippen LogP contribution >= 0.6 is 7.60 Å². The fraction of sp³-hybridized carbons (Fsp3) is 0.333.